The number of halogens is 1. The maximum absolute atomic E-state index is 13.1. The van der Waals surface area contributed by atoms with Crippen LogP contribution in [0.15, 0.2) is 30.6 Å². The summed E-state index contributed by atoms with van der Waals surface area (Å²) >= 11 is 0. The average molecular weight is 304 g/mol. The molecule has 0 amide bonds. The molecule has 0 N–H and O–H groups in total. The first-order valence-electron chi connectivity index (χ1n) is 7.64. The molecule has 0 aliphatic carbocycles. The minimum atomic E-state index is -0.197. The van der Waals surface area contributed by atoms with Crippen LogP contribution in [0.25, 0.3) is 0 Å². The molecule has 2 unspecified atom stereocenters. The van der Waals surface area contributed by atoms with Gasteiger partial charge < -0.3 is 9.30 Å². The van der Waals surface area contributed by atoms with Gasteiger partial charge in [-0.1, -0.05) is 19.1 Å². The number of aromatic nitrogens is 3. The third-order valence-corrected chi connectivity index (χ3v) is 4.21. The van der Waals surface area contributed by atoms with Gasteiger partial charge in [0.25, 0.3) is 0 Å². The summed E-state index contributed by atoms with van der Waals surface area (Å²) in [6.45, 7) is 4.45. The van der Waals surface area contributed by atoms with Gasteiger partial charge in [-0.05, 0) is 24.1 Å². The Bertz CT molecular complexity index is 613. The number of rotatable bonds is 4. The number of ether oxygens (including phenoxy) is 1. The number of morpholine rings is 1. The SMILES string of the molecule is CCC(c1ccc(F)cc1)N1CCOC(c2nncn2C)C1. The lowest BCUT2D eigenvalue weighted by Gasteiger charge is -2.37. The van der Waals surface area contributed by atoms with Crippen LogP contribution in [0, 0.1) is 5.82 Å². The van der Waals surface area contributed by atoms with E-state index in [4.69, 9.17) is 4.74 Å². The largest absolute Gasteiger partial charge is 0.368 e. The van der Waals surface area contributed by atoms with Gasteiger partial charge in [-0.25, -0.2) is 4.39 Å². The van der Waals surface area contributed by atoms with Gasteiger partial charge in [0.05, 0.1) is 6.61 Å². The second-order valence-corrected chi connectivity index (χ2v) is 5.63. The summed E-state index contributed by atoms with van der Waals surface area (Å²) in [4.78, 5) is 2.39. The third-order valence-electron chi connectivity index (χ3n) is 4.21. The van der Waals surface area contributed by atoms with Crippen LogP contribution >= 0.6 is 0 Å². The molecule has 1 aliphatic heterocycles. The normalized spacial score (nSPS) is 21.0. The van der Waals surface area contributed by atoms with E-state index in [-0.39, 0.29) is 18.0 Å². The van der Waals surface area contributed by atoms with Gasteiger partial charge in [-0.15, -0.1) is 10.2 Å². The van der Waals surface area contributed by atoms with Crippen molar-refractivity contribution in [2.45, 2.75) is 25.5 Å². The molecular weight excluding hydrogens is 283 g/mol. The Morgan fingerprint density at radius 1 is 1.36 bits per heavy atom. The van der Waals surface area contributed by atoms with Crippen molar-refractivity contribution in [3.8, 4) is 0 Å². The number of benzene rings is 1. The first kappa shape index (κ1) is 15.1. The molecule has 5 nitrogen and oxygen atoms in total. The van der Waals surface area contributed by atoms with E-state index in [1.807, 2.05) is 23.7 Å². The minimum Gasteiger partial charge on any atom is -0.368 e. The molecule has 1 aromatic carbocycles. The molecule has 0 spiro atoms. The molecule has 0 bridgehead atoms. The molecule has 1 saturated heterocycles. The fourth-order valence-corrected chi connectivity index (χ4v) is 3.08. The van der Waals surface area contributed by atoms with Crippen LogP contribution in [-0.2, 0) is 11.8 Å². The van der Waals surface area contributed by atoms with E-state index in [0.717, 1.165) is 30.9 Å². The lowest BCUT2D eigenvalue weighted by atomic mass is 10.0. The van der Waals surface area contributed by atoms with Gasteiger partial charge in [0, 0.05) is 26.2 Å². The summed E-state index contributed by atoms with van der Waals surface area (Å²) in [7, 11) is 1.93. The molecular formula is C16H21FN4O. The lowest BCUT2D eigenvalue weighted by molar-refractivity contribution is -0.0513. The zero-order valence-corrected chi connectivity index (χ0v) is 12.9. The van der Waals surface area contributed by atoms with E-state index in [1.165, 1.54) is 12.1 Å². The monoisotopic (exact) mass is 304 g/mol. The summed E-state index contributed by atoms with van der Waals surface area (Å²) in [5.41, 5.74) is 1.14. The lowest BCUT2D eigenvalue weighted by Crippen LogP contribution is -2.41. The quantitative estimate of drug-likeness (QED) is 0.870. The third kappa shape index (κ3) is 3.03. The Hall–Kier alpha value is -1.79. The van der Waals surface area contributed by atoms with Crippen LogP contribution in [0.5, 0.6) is 0 Å². The van der Waals surface area contributed by atoms with E-state index in [9.17, 15) is 4.39 Å². The minimum absolute atomic E-state index is 0.0734. The van der Waals surface area contributed by atoms with Gasteiger partial charge in [-0.2, -0.15) is 0 Å². The highest BCUT2D eigenvalue weighted by molar-refractivity contribution is 5.20. The molecule has 1 aliphatic rings. The topological polar surface area (TPSA) is 43.2 Å². The molecule has 0 radical (unpaired) electrons. The molecule has 1 fully saturated rings. The molecule has 2 aromatic rings. The maximum Gasteiger partial charge on any atom is 0.163 e. The van der Waals surface area contributed by atoms with Gasteiger partial charge >= 0.3 is 0 Å². The zero-order valence-electron chi connectivity index (χ0n) is 12.9. The maximum atomic E-state index is 13.1. The summed E-state index contributed by atoms with van der Waals surface area (Å²) in [5, 5.41) is 8.08. The van der Waals surface area contributed by atoms with E-state index < -0.39 is 0 Å². The second kappa shape index (κ2) is 6.54. The van der Waals surface area contributed by atoms with Crippen molar-refractivity contribution in [3.63, 3.8) is 0 Å². The van der Waals surface area contributed by atoms with Crippen molar-refractivity contribution in [2.24, 2.45) is 7.05 Å². The summed E-state index contributed by atoms with van der Waals surface area (Å²) in [5.74, 6) is 0.649. The highest BCUT2D eigenvalue weighted by Gasteiger charge is 2.29. The van der Waals surface area contributed by atoms with Crippen LogP contribution in [0.1, 0.15) is 36.9 Å². The summed E-state index contributed by atoms with van der Waals surface area (Å²) in [6.07, 6.45) is 2.59. The average Bonchev–Trinajstić information content (AvgIpc) is 2.96. The van der Waals surface area contributed by atoms with E-state index in [2.05, 4.69) is 22.0 Å². The zero-order chi connectivity index (χ0) is 15.5. The fraction of sp³-hybridized carbons (Fsp3) is 0.500. The van der Waals surface area contributed by atoms with Gasteiger partial charge in [-0.3, -0.25) is 4.90 Å². The molecule has 6 heteroatoms. The van der Waals surface area contributed by atoms with Crippen molar-refractivity contribution in [1.29, 1.82) is 0 Å². The van der Waals surface area contributed by atoms with Crippen LogP contribution in [0.4, 0.5) is 4.39 Å². The van der Waals surface area contributed by atoms with E-state index in [1.54, 1.807) is 6.33 Å². The summed E-state index contributed by atoms with van der Waals surface area (Å²) in [6, 6.07) is 7.06. The van der Waals surface area contributed by atoms with Gasteiger partial charge in [0.1, 0.15) is 18.2 Å². The van der Waals surface area contributed by atoms with Gasteiger partial charge in [0.2, 0.25) is 0 Å². The first-order chi connectivity index (χ1) is 10.7. The highest BCUT2D eigenvalue weighted by Crippen LogP contribution is 2.30. The Kier molecular flexibility index (Phi) is 4.49. The second-order valence-electron chi connectivity index (χ2n) is 5.63. The molecule has 1 aromatic heterocycles. The van der Waals surface area contributed by atoms with Gasteiger partial charge in [0.15, 0.2) is 5.82 Å². The Balaban J connectivity index is 1.77. The number of hydrogen-bond acceptors (Lipinski definition) is 4. The van der Waals surface area contributed by atoms with Crippen molar-refractivity contribution >= 4 is 0 Å². The number of nitrogens with zero attached hydrogens (tertiary/aromatic N) is 4. The Morgan fingerprint density at radius 3 is 2.77 bits per heavy atom. The Labute approximate surface area is 129 Å². The van der Waals surface area contributed by atoms with Crippen molar-refractivity contribution in [2.75, 3.05) is 19.7 Å². The molecule has 2 heterocycles. The van der Waals surface area contributed by atoms with Crippen molar-refractivity contribution < 1.29 is 9.13 Å². The molecule has 22 heavy (non-hydrogen) atoms. The van der Waals surface area contributed by atoms with E-state index >= 15 is 0 Å². The Morgan fingerprint density at radius 2 is 2.14 bits per heavy atom. The van der Waals surface area contributed by atoms with Crippen LogP contribution in [0.3, 0.4) is 0 Å². The highest BCUT2D eigenvalue weighted by atomic mass is 19.1. The fourth-order valence-electron chi connectivity index (χ4n) is 3.08. The molecule has 2 atom stereocenters. The first-order valence-corrected chi connectivity index (χ1v) is 7.64. The smallest absolute Gasteiger partial charge is 0.163 e. The molecule has 3 rings (SSSR count). The number of hydrogen-bond donors (Lipinski definition) is 0. The standard InChI is InChI=1S/C16H21FN4O/c1-3-14(12-4-6-13(17)7-5-12)21-8-9-22-15(10-21)16-19-18-11-20(16)2/h4-7,11,14-15H,3,8-10H2,1-2H3. The van der Waals surface area contributed by atoms with Crippen molar-refractivity contribution in [3.05, 3.63) is 47.8 Å². The van der Waals surface area contributed by atoms with Crippen LogP contribution < -0.4 is 0 Å². The number of aryl methyl sites for hydroxylation is 1. The predicted octanol–water partition coefficient (Wildman–Crippen LogP) is 2.48. The predicted molar refractivity (Wildman–Crippen MR) is 80.7 cm³/mol. The summed E-state index contributed by atoms with van der Waals surface area (Å²) < 4.78 is 20.9. The van der Waals surface area contributed by atoms with Crippen molar-refractivity contribution in [1.82, 2.24) is 19.7 Å². The van der Waals surface area contributed by atoms with Crippen LogP contribution in [-0.4, -0.2) is 39.4 Å². The molecule has 118 valence electrons. The molecule has 0 saturated carbocycles. The van der Waals surface area contributed by atoms with Crippen LogP contribution in [0.2, 0.25) is 0 Å². The van der Waals surface area contributed by atoms with E-state index in [0.29, 0.717) is 6.61 Å².